The van der Waals surface area contributed by atoms with Gasteiger partial charge < -0.3 is 24.8 Å². The van der Waals surface area contributed by atoms with Crippen LogP contribution >= 0.6 is 0 Å². The molecule has 7 heteroatoms. The molecule has 2 N–H and O–H groups in total. The van der Waals surface area contributed by atoms with E-state index < -0.39 is 5.97 Å². The SMILES string of the molecule is Cc1ccc(CC(=O)O)cc1NC(=O)c1ccc(OC[C@@H]2CN(C)c3ccccc3O2)cc1. The van der Waals surface area contributed by atoms with E-state index >= 15 is 0 Å². The van der Waals surface area contributed by atoms with Crippen LogP contribution < -0.4 is 19.7 Å². The van der Waals surface area contributed by atoms with Gasteiger partial charge in [-0.25, -0.2) is 0 Å². The predicted octanol–water partition coefficient (Wildman–Crippen LogP) is 4.15. The summed E-state index contributed by atoms with van der Waals surface area (Å²) in [5.41, 5.74) is 3.63. The maximum Gasteiger partial charge on any atom is 0.307 e. The number of hydrogen-bond acceptors (Lipinski definition) is 5. The van der Waals surface area contributed by atoms with Crippen LogP contribution in [0.2, 0.25) is 0 Å². The second-order valence-corrected chi connectivity index (χ2v) is 8.10. The molecule has 3 aromatic carbocycles. The monoisotopic (exact) mass is 446 g/mol. The van der Waals surface area contributed by atoms with Crippen molar-refractivity contribution < 1.29 is 24.2 Å². The average Bonchev–Trinajstić information content (AvgIpc) is 2.80. The number of carboxylic acids is 1. The number of anilines is 2. The van der Waals surface area contributed by atoms with Gasteiger partial charge in [0.25, 0.3) is 5.91 Å². The summed E-state index contributed by atoms with van der Waals surface area (Å²) in [5.74, 6) is 0.304. The Morgan fingerprint density at radius 3 is 2.64 bits per heavy atom. The first kappa shape index (κ1) is 22.2. The van der Waals surface area contributed by atoms with E-state index in [0.717, 1.165) is 23.5 Å². The lowest BCUT2D eigenvalue weighted by atomic mass is 10.1. The zero-order valence-electron chi connectivity index (χ0n) is 18.6. The Balaban J connectivity index is 1.35. The van der Waals surface area contributed by atoms with Crippen LogP contribution in [-0.4, -0.2) is 43.3 Å². The van der Waals surface area contributed by atoms with Gasteiger partial charge in [0.1, 0.15) is 24.2 Å². The van der Waals surface area contributed by atoms with Crippen molar-refractivity contribution in [2.45, 2.75) is 19.4 Å². The van der Waals surface area contributed by atoms with Gasteiger partial charge in [-0.15, -0.1) is 0 Å². The molecule has 0 fully saturated rings. The quantitative estimate of drug-likeness (QED) is 0.567. The van der Waals surface area contributed by atoms with Gasteiger partial charge in [0.15, 0.2) is 0 Å². The highest BCUT2D eigenvalue weighted by Crippen LogP contribution is 2.32. The minimum absolute atomic E-state index is 0.0960. The van der Waals surface area contributed by atoms with Crippen LogP contribution in [0.4, 0.5) is 11.4 Å². The van der Waals surface area contributed by atoms with Crippen molar-refractivity contribution in [2.24, 2.45) is 0 Å². The maximum atomic E-state index is 12.7. The summed E-state index contributed by atoms with van der Waals surface area (Å²) in [6, 6.07) is 20.1. The predicted molar refractivity (Wildman–Crippen MR) is 127 cm³/mol. The molecule has 3 aromatic rings. The number of carbonyl (C=O) groups is 2. The van der Waals surface area contributed by atoms with E-state index in [1.54, 1.807) is 42.5 Å². The van der Waals surface area contributed by atoms with Crippen molar-refractivity contribution in [3.8, 4) is 11.5 Å². The third-order valence-electron chi connectivity index (χ3n) is 5.51. The van der Waals surface area contributed by atoms with Gasteiger partial charge >= 0.3 is 5.97 Å². The molecule has 0 radical (unpaired) electrons. The normalized spacial score (nSPS) is 14.7. The standard InChI is InChI=1S/C26H26N2O5/c1-17-7-8-18(14-25(29)30)13-22(17)27-26(31)19-9-11-20(12-10-19)32-16-21-15-28(2)23-5-3-4-6-24(23)33-21/h3-13,21H,14-16H2,1-2H3,(H,27,31)(H,29,30)/t21-/m0/s1. The first-order valence-corrected chi connectivity index (χ1v) is 10.7. The number of hydrogen-bond donors (Lipinski definition) is 2. The minimum atomic E-state index is -0.916. The fraction of sp³-hybridized carbons (Fsp3) is 0.231. The Bertz CT molecular complexity index is 1160. The molecule has 170 valence electrons. The summed E-state index contributed by atoms with van der Waals surface area (Å²) >= 11 is 0. The summed E-state index contributed by atoms with van der Waals surface area (Å²) in [6.07, 6.45) is -0.199. The molecule has 0 saturated carbocycles. The summed E-state index contributed by atoms with van der Waals surface area (Å²) < 4.78 is 11.9. The Hall–Kier alpha value is -4.00. The van der Waals surface area contributed by atoms with Crippen molar-refractivity contribution >= 4 is 23.3 Å². The number of carboxylic acid groups (broad SMARTS) is 1. The Labute approximate surface area is 192 Å². The van der Waals surface area contributed by atoms with Crippen LogP contribution in [0.15, 0.2) is 66.7 Å². The average molecular weight is 447 g/mol. The molecule has 7 nitrogen and oxygen atoms in total. The van der Waals surface area contributed by atoms with Gasteiger partial charge in [-0.05, 0) is 60.5 Å². The molecule has 0 unspecified atom stereocenters. The highest BCUT2D eigenvalue weighted by Gasteiger charge is 2.23. The molecule has 1 aliphatic rings. The van der Waals surface area contributed by atoms with Crippen molar-refractivity contribution in [3.05, 3.63) is 83.4 Å². The zero-order valence-corrected chi connectivity index (χ0v) is 18.6. The zero-order chi connectivity index (χ0) is 23.4. The van der Waals surface area contributed by atoms with Gasteiger partial charge in [-0.1, -0.05) is 24.3 Å². The number of amides is 1. The van der Waals surface area contributed by atoms with E-state index in [0.29, 0.717) is 29.2 Å². The molecule has 0 saturated heterocycles. The lowest BCUT2D eigenvalue weighted by Gasteiger charge is -2.33. The number of para-hydroxylation sites is 2. The number of rotatable bonds is 7. The summed E-state index contributed by atoms with van der Waals surface area (Å²) in [6.45, 7) is 2.97. The molecular weight excluding hydrogens is 420 g/mol. The number of nitrogens with one attached hydrogen (secondary N) is 1. The van der Waals surface area contributed by atoms with E-state index in [-0.39, 0.29) is 18.4 Å². The van der Waals surface area contributed by atoms with Crippen molar-refractivity contribution in [1.82, 2.24) is 0 Å². The lowest BCUT2D eigenvalue weighted by Crippen LogP contribution is -2.41. The second kappa shape index (κ2) is 9.65. The maximum absolute atomic E-state index is 12.7. The number of carbonyl (C=O) groups excluding carboxylic acids is 1. The molecule has 33 heavy (non-hydrogen) atoms. The summed E-state index contributed by atoms with van der Waals surface area (Å²) in [7, 11) is 2.03. The van der Waals surface area contributed by atoms with Crippen LogP contribution in [0.3, 0.4) is 0 Å². The number of nitrogens with zero attached hydrogens (tertiary/aromatic N) is 1. The first-order chi connectivity index (χ1) is 15.9. The van der Waals surface area contributed by atoms with E-state index in [1.807, 2.05) is 38.2 Å². The smallest absolute Gasteiger partial charge is 0.307 e. The first-order valence-electron chi connectivity index (χ1n) is 10.7. The van der Waals surface area contributed by atoms with E-state index in [9.17, 15) is 9.59 Å². The second-order valence-electron chi connectivity index (χ2n) is 8.10. The number of benzene rings is 3. The number of aryl methyl sites for hydroxylation is 1. The van der Waals surface area contributed by atoms with Crippen LogP contribution in [-0.2, 0) is 11.2 Å². The molecular formula is C26H26N2O5. The molecule has 1 amide bonds. The van der Waals surface area contributed by atoms with E-state index in [2.05, 4.69) is 10.2 Å². The molecule has 0 aliphatic carbocycles. The van der Waals surface area contributed by atoms with Crippen LogP contribution in [0, 0.1) is 6.92 Å². The molecule has 1 atom stereocenters. The fourth-order valence-corrected chi connectivity index (χ4v) is 3.75. The van der Waals surface area contributed by atoms with Crippen LogP contribution in [0.1, 0.15) is 21.5 Å². The van der Waals surface area contributed by atoms with Gasteiger partial charge in [-0.3, -0.25) is 9.59 Å². The van der Waals surface area contributed by atoms with Crippen molar-refractivity contribution in [3.63, 3.8) is 0 Å². The molecule has 0 spiro atoms. The topological polar surface area (TPSA) is 88.1 Å². The van der Waals surface area contributed by atoms with Crippen molar-refractivity contribution in [2.75, 3.05) is 30.4 Å². The third-order valence-corrected chi connectivity index (χ3v) is 5.51. The van der Waals surface area contributed by atoms with E-state index in [1.165, 1.54) is 0 Å². The van der Waals surface area contributed by atoms with Gasteiger partial charge in [0, 0.05) is 18.3 Å². The van der Waals surface area contributed by atoms with Crippen LogP contribution in [0.5, 0.6) is 11.5 Å². The molecule has 1 heterocycles. The highest BCUT2D eigenvalue weighted by molar-refractivity contribution is 6.04. The number of ether oxygens (including phenoxy) is 2. The largest absolute Gasteiger partial charge is 0.490 e. The lowest BCUT2D eigenvalue weighted by molar-refractivity contribution is -0.136. The Kier molecular flexibility index (Phi) is 6.49. The third kappa shape index (κ3) is 5.44. The Morgan fingerprint density at radius 1 is 1.12 bits per heavy atom. The van der Waals surface area contributed by atoms with Crippen molar-refractivity contribution in [1.29, 1.82) is 0 Å². The minimum Gasteiger partial charge on any atom is -0.490 e. The summed E-state index contributed by atoms with van der Waals surface area (Å²) in [5, 5.41) is 11.8. The molecule has 1 aliphatic heterocycles. The summed E-state index contributed by atoms with van der Waals surface area (Å²) in [4.78, 5) is 25.8. The van der Waals surface area contributed by atoms with Gasteiger partial charge in [0.05, 0.1) is 18.7 Å². The fourth-order valence-electron chi connectivity index (χ4n) is 3.75. The Morgan fingerprint density at radius 2 is 1.88 bits per heavy atom. The van der Waals surface area contributed by atoms with E-state index in [4.69, 9.17) is 14.6 Å². The van der Waals surface area contributed by atoms with Gasteiger partial charge in [-0.2, -0.15) is 0 Å². The molecule has 0 bridgehead atoms. The molecule has 4 rings (SSSR count). The van der Waals surface area contributed by atoms with Gasteiger partial charge in [0.2, 0.25) is 0 Å². The van der Waals surface area contributed by atoms with Crippen LogP contribution in [0.25, 0.3) is 0 Å². The number of likely N-dealkylation sites (N-methyl/N-ethyl adjacent to an activating group) is 1. The number of aliphatic carboxylic acids is 1. The number of fused-ring (bicyclic) bond motifs is 1. The highest BCUT2D eigenvalue weighted by atomic mass is 16.5. The molecule has 0 aromatic heterocycles.